The van der Waals surface area contributed by atoms with E-state index in [1.807, 2.05) is 0 Å². The molecule has 0 saturated carbocycles. The normalized spacial score (nSPS) is 50.6. The van der Waals surface area contributed by atoms with Crippen molar-refractivity contribution in [2.24, 2.45) is 17.8 Å². The van der Waals surface area contributed by atoms with Crippen molar-refractivity contribution in [3.05, 3.63) is 0 Å². The van der Waals surface area contributed by atoms with Gasteiger partial charge in [-0.25, -0.2) is 0 Å². The number of rotatable bonds is 1. The lowest BCUT2D eigenvalue weighted by atomic mass is 9.73. The van der Waals surface area contributed by atoms with Crippen molar-refractivity contribution < 1.29 is 9.47 Å². The molecule has 0 bridgehead atoms. The van der Waals surface area contributed by atoms with Gasteiger partial charge in [-0.3, -0.25) is 0 Å². The third-order valence-electron chi connectivity index (χ3n) is 5.83. The van der Waals surface area contributed by atoms with Gasteiger partial charge in [0.05, 0.1) is 24.3 Å². The molecule has 8 unspecified atom stereocenters. The molecule has 0 aliphatic carbocycles. The van der Waals surface area contributed by atoms with Gasteiger partial charge in [0.2, 0.25) is 0 Å². The van der Waals surface area contributed by atoms with Crippen LogP contribution in [0.1, 0.15) is 19.3 Å². The van der Waals surface area contributed by atoms with Crippen LogP contribution >= 0.6 is 0 Å². The fourth-order valence-corrected chi connectivity index (χ4v) is 4.90. The molecule has 4 heterocycles. The van der Waals surface area contributed by atoms with Gasteiger partial charge < -0.3 is 20.1 Å². The summed E-state index contributed by atoms with van der Waals surface area (Å²) < 4.78 is 11.9. The zero-order valence-corrected chi connectivity index (χ0v) is 12.6. The van der Waals surface area contributed by atoms with Gasteiger partial charge in [-0.05, 0) is 25.8 Å². The molecule has 0 radical (unpaired) electrons. The lowest BCUT2D eigenvalue weighted by Crippen LogP contribution is -2.59. The monoisotopic (exact) mass is 302 g/mol. The second kappa shape index (κ2) is 5.79. The Balaban J connectivity index is 1.53. The first-order valence-corrected chi connectivity index (χ1v) is 8.34. The lowest BCUT2D eigenvalue weighted by Gasteiger charge is -2.44. The van der Waals surface area contributed by atoms with E-state index >= 15 is 0 Å². The van der Waals surface area contributed by atoms with Crippen LogP contribution in [-0.4, -0.2) is 50.1 Å². The Morgan fingerprint density at radius 2 is 1.77 bits per heavy atom. The fraction of sp³-hybridized carbons (Fsp3) is 0.875. The molecule has 22 heavy (non-hydrogen) atoms. The molecular weight excluding hydrogens is 280 g/mol. The first kappa shape index (κ1) is 14.4. The van der Waals surface area contributed by atoms with E-state index in [2.05, 4.69) is 22.8 Å². The molecule has 0 aromatic rings. The van der Waals surface area contributed by atoms with E-state index in [4.69, 9.17) is 20.0 Å². The highest BCUT2D eigenvalue weighted by Crippen LogP contribution is 2.41. The van der Waals surface area contributed by atoms with Crippen molar-refractivity contribution in [3.63, 3.8) is 0 Å². The van der Waals surface area contributed by atoms with Crippen LogP contribution in [0.15, 0.2) is 0 Å². The molecule has 4 saturated heterocycles. The minimum absolute atomic E-state index is 0.156. The van der Waals surface area contributed by atoms with E-state index in [0.717, 1.165) is 38.9 Å². The van der Waals surface area contributed by atoms with Crippen LogP contribution < -0.4 is 10.6 Å². The molecule has 118 valence electrons. The van der Waals surface area contributed by atoms with Crippen LogP contribution in [-0.2, 0) is 9.47 Å². The van der Waals surface area contributed by atoms with Gasteiger partial charge >= 0.3 is 0 Å². The summed E-state index contributed by atoms with van der Waals surface area (Å²) in [6.07, 6.45) is 2.46. The van der Waals surface area contributed by atoms with E-state index in [-0.39, 0.29) is 24.4 Å². The Morgan fingerprint density at radius 3 is 2.59 bits per heavy atom. The second-order valence-corrected chi connectivity index (χ2v) is 7.00. The van der Waals surface area contributed by atoms with Crippen LogP contribution in [0.3, 0.4) is 0 Å². The first-order valence-electron chi connectivity index (χ1n) is 8.34. The highest BCUT2D eigenvalue weighted by Gasteiger charge is 2.51. The van der Waals surface area contributed by atoms with Crippen LogP contribution in [0.2, 0.25) is 0 Å². The molecule has 0 spiro atoms. The molecule has 0 amide bonds. The zero-order chi connectivity index (χ0) is 15.1. The number of piperidine rings is 2. The Morgan fingerprint density at radius 1 is 0.955 bits per heavy atom. The Hall–Kier alpha value is -1.18. The highest BCUT2D eigenvalue weighted by molar-refractivity contribution is 5.07. The summed E-state index contributed by atoms with van der Waals surface area (Å²) in [6, 6.07) is 4.85. The van der Waals surface area contributed by atoms with Gasteiger partial charge in [-0.1, -0.05) is 0 Å². The van der Waals surface area contributed by atoms with E-state index < -0.39 is 0 Å². The molecule has 4 aliphatic heterocycles. The van der Waals surface area contributed by atoms with Gasteiger partial charge in [-0.2, -0.15) is 10.5 Å². The van der Waals surface area contributed by atoms with Gasteiger partial charge in [-0.15, -0.1) is 0 Å². The quantitative estimate of drug-likeness (QED) is 0.717. The maximum atomic E-state index is 9.16. The van der Waals surface area contributed by atoms with E-state index in [1.165, 1.54) is 0 Å². The maximum Gasteiger partial charge on any atom is 0.144 e. The summed E-state index contributed by atoms with van der Waals surface area (Å²) >= 11 is 0. The molecular formula is C16H22N4O2. The molecule has 6 heteroatoms. The van der Waals surface area contributed by atoms with Crippen molar-refractivity contribution in [1.29, 1.82) is 10.5 Å². The van der Waals surface area contributed by atoms with E-state index in [1.54, 1.807) is 0 Å². The second-order valence-electron chi connectivity index (χ2n) is 7.00. The predicted octanol–water partition coefficient (Wildman–Crippen LogP) is 0.162. The summed E-state index contributed by atoms with van der Waals surface area (Å²) in [5.74, 6) is 1.17. The number of hydrogen-bond donors (Lipinski definition) is 2. The van der Waals surface area contributed by atoms with Crippen LogP contribution in [0.25, 0.3) is 0 Å². The summed E-state index contributed by atoms with van der Waals surface area (Å²) in [4.78, 5) is 0. The summed E-state index contributed by atoms with van der Waals surface area (Å²) in [5, 5.41) is 25.5. The van der Waals surface area contributed by atoms with Gasteiger partial charge in [0, 0.05) is 36.9 Å². The third-order valence-corrected chi connectivity index (χ3v) is 5.83. The molecule has 4 fully saturated rings. The van der Waals surface area contributed by atoms with Gasteiger partial charge in [0.1, 0.15) is 12.2 Å². The Bertz CT molecular complexity index is 467. The van der Waals surface area contributed by atoms with Crippen molar-refractivity contribution >= 4 is 0 Å². The average Bonchev–Trinajstić information content (AvgIpc) is 3.17. The van der Waals surface area contributed by atoms with Crippen LogP contribution in [0.5, 0.6) is 0 Å². The number of hydrogen-bond acceptors (Lipinski definition) is 6. The largest absolute Gasteiger partial charge is 0.360 e. The number of fused-ring (bicyclic) bond motifs is 2. The minimum atomic E-state index is -0.263. The average molecular weight is 302 g/mol. The van der Waals surface area contributed by atoms with E-state index in [9.17, 15) is 0 Å². The number of nitriles is 2. The standard InChI is InChI=1S/C16H22N4O2/c17-5-10-3-9-7-19-8-13(16(9)22-10)15-12-4-11(6-18)21-14(12)1-2-20-15/h9-16,19-20H,1-4,7-8H2. The first-order chi connectivity index (χ1) is 10.8. The zero-order valence-electron chi connectivity index (χ0n) is 12.6. The third kappa shape index (κ3) is 2.31. The number of ether oxygens (including phenoxy) is 2. The SMILES string of the molecule is N#CC1CC2C(CCNC2C2CNCC3CC(C#N)OC32)O1. The predicted molar refractivity (Wildman–Crippen MR) is 77.5 cm³/mol. The molecule has 6 nitrogen and oxygen atoms in total. The summed E-state index contributed by atoms with van der Waals surface area (Å²) in [7, 11) is 0. The number of nitrogens with zero attached hydrogens (tertiary/aromatic N) is 2. The van der Waals surface area contributed by atoms with Crippen molar-refractivity contribution in [1.82, 2.24) is 10.6 Å². The number of nitrogens with one attached hydrogen (secondary N) is 2. The molecule has 4 rings (SSSR count). The minimum Gasteiger partial charge on any atom is -0.360 e. The molecule has 0 aromatic carbocycles. The smallest absolute Gasteiger partial charge is 0.144 e. The van der Waals surface area contributed by atoms with Crippen molar-refractivity contribution in [2.75, 3.05) is 19.6 Å². The topological polar surface area (TPSA) is 90.1 Å². The van der Waals surface area contributed by atoms with Crippen LogP contribution in [0, 0.1) is 40.4 Å². The van der Waals surface area contributed by atoms with Crippen molar-refractivity contribution in [2.45, 2.75) is 49.7 Å². The van der Waals surface area contributed by atoms with E-state index in [0.29, 0.717) is 23.8 Å². The van der Waals surface area contributed by atoms with Crippen LogP contribution in [0.4, 0.5) is 0 Å². The molecule has 4 aliphatic rings. The van der Waals surface area contributed by atoms with Crippen molar-refractivity contribution in [3.8, 4) is 12.1 Å². The Kier molecular flexibility index (Phi) is 3.79. The Labute approximate surface area is 130 Å². The molecule has 0 aromatic heterocycles. The van der Waals surface area contributed by atoms with Gasteiger partial charge in [0.15, 0.2) is 0 Å². The lowest BCUT2D eigenvalue weighted by molar-refractivity contribution is -0.0344. The molecule has 2 N–H and O–H groups in total. The molecule has 8 atom stereocenters. The highest BCUT2D eigenvalue weighted by atomic mass is 16.5. The maximum absolute atomic E-state index is 9.16. The fourth-order valence-electron chi connectivity index (χ4n) is 4.90. The summed E-state index contributed by atoms with van der Waals surface area (Å²) in [6.45, 7) is 2.79. The van der Waals surface area contributed by atoms with Gasteiger partial charge in [0.25, 0.3) is 0 Å². The summed E-state index contributed by atoms with van der Waals surface area (Å²) in [5.41, 5.74) is 0.